The molecule has 4 rings (SSSR count). The molecule has 0 amide bonds. The van der Waals surface area contributed by atoms with E-state index in [9.17, 15) is 9.50 Å². The van der Waals surface area contributed by atoms with Gasteiger partial charge in [0.1, 0.15) is 17.6 Å². The SMILES string of the molecule is CN(c1ncc(-c2ccc(-n3ccnc3)cc2O)nn1)[C@H]1CCNC[C@H]1F. The van der Waals surface area contributed by atoms with Crippen LogP contribution < -0.4 is 10.2 Å². The van der Waals surface area contributed by atoms with Gasteiger partial charge in [0.05, 0.1) is 24.3 Å². The highest BCUT2D eigenvalue weighted by Crippen LogP contribution is 2.29. The van der Waals surface area contributed by atoms with Crippen molar-refractivity contribution in [2.75, 3.05) is 25.0 Å². The van der Waals surface area contributed by atoms with E-state index < -0.39 is 6.17 Å². The monoisotopic (exact) mass is 369 g/mol. The number of rotatable bonds is 4. The van der Waals surface area contributed by atoms with Gasteiger partial charge < -0.3 is 19.9 Å². The van der Waals surface area contributed by atoms with Gasteiger partial charge >= 0.3 is 0 Å². The van der Waals surface area contributed by atoms with Crippen LogP contribution in [0.2, 0.25) is 0 Å². The molecule has 1 aliphatic rings. The summed E-state index contributed by atoms with van der Waals surface area (Å²) in [4.78, 5) is 10.0. The van der Waals surface area contributed by atoms with Crippen LogP contribution in [0.15, 0.2) is 43.1 Å². The molecule has 0 saturated carbocycles. The maximum Gasteiger partial charge on any atom is 0.245 e. The molecule has 0 unspecified atom stereocenters. The van der Waals surface area contributed by atoms with Crippen LogP contribution in [0.5, 0.6) is 5.75 Å². The number of phenolic OH excluding ortho intramolecular Hbond substituents is 1. The van der Waals surface area contributed by atoms with Crippen molar-refractivity contribution in [3.8, 4) is 22.7 Å². The second-order valence-electron chi connectivity index (χ2n) is 6.50. The van der Waals surface area contributed by atoms with Crippen molar-refractivity contribution >= 4 is 5.95 Å². The number of hydrogen-bond donors (Lipinski definition) is 2. The smallest absolute Gasteiger partial charge is 0.245 e. The number of imidazole rings is 1. The summed E-state index contributed by atoms with van der Waals surface area (Å²) >= 11 is 0. The Kier molecular flexibility index (Phi) is 4.68. The lowest BCUT2D eigenvalue weighted by Gasteiger charge is -2.33. The molecule has 2 N–H and O–H groups in total. The molecule has 3 heterocycles. The van der Waals surface area contributed by atoms with Crippen LogP contribution in [0.4, 0.5) is 10.3 Å². The van der Waals surface area contributed by atoms with Crippen molar-refractivity contribution in [3.05, 3.63) is 43.1 Å². The number of anilines is 1. The molecule has 9 heteroatoms. The van der Waals surface area contributed by atoms with E-state index in [2.05, 4.69) is 25.5 Å². The Hall–Kier alpha value is -3.07. The van der Waals surface area contributed by atoms with Crippen LogP contribution in [0.3, 0.4) is 0 Å². The fourth-order valence-electron chi connectivity index (χ4n) is 3.25. The number of aromatic hydroxyl groups is 1. The zero-order valence-electron chi connectivity index (χ0n) is 14.8. The number of halogens is 1. The summed E-state index contributed by atoms with van der Waals surface area (Å²) in [6, 6.07) is 4.95. The van der Waals surface area contributed by atoms with Gasteiger partial charge in [0.15, 0.2) is 0 Å². The number of aromatic nitrogens is 5. The fraction of sp³-hybridized carbons (Fsp3) is 0.333. The van der Waals surface area contributed by atoms with Gasteiger partial charge in [0.2, 0.25) is 5.95 Å². The minimum Gasteiger partial charge on any atom is -0.507 e. The molecule has 0 radical (unpaired) electrons. The van der Waals surface area contributed by atoms with Crippen molar-refractivity contribution in [2.45, 2.75) is 18.6 Å². The van der Waals surface area contributed by atoms with Gasteiger partial charge in [-0.25, -0.2) is 14.4 Å². The molecule has 8 nitrogen and oxygen atoms in total. The van der Waals surface area contributed by atoms with E-state index in [0.717, 1.165) is 12.2 Å². The van der Waals surface area contributed by atoms with Crippen molar-refractivity contribution in [1.29, 1.82) is 0 Å². The Bertz CT molecular complexity index is 901. The molecule has 140 valence electrons. The molecular weight excluding hydrogens is 349 g/mol. The average molecular weight is 369 g/mol. The number of nitrogens with one attached hydrogen (secondary N) is 1. The molecule has 27 heavy (non-hydrogen) atoms. The van der Waals surface area contributed by atoms with Gasteiger partial charge in [-0.15, -0.1) is 10.2 Å². The van der Waals surface area contributed by atoms with E-state index in [-0.39, 0.29) is 11.8 Å². The highest BCUT2D eigenvalue weighted by atomic mass is 19.1. The number of piperidine rings is 1. The second kappa shape index (κ2) is 7.28. The van der Waals surface area contributed by atoms with Gasteiger partial charge in [-0.3, -0.25) is 0 Å². The Labute approximate surface area is 155 Å². The third kappa shape index (κ3) is 3.45. The van der Waals surface area contributed by atoms with E-state index in [1.165, 1.54) is 0 Å². The molecule has 2 aromatic heterocycles. The summed E-state index contributed by atoms with van der Waals surface area (Å²) < 4.78 is 15.9. The van der Waals surface area contributed by atoms with Gasteiger partial charge in [-0.1, -0.05) is 0 Å². The number of hydrogen-bond acceptors (Lipinski definition) is 7. The molecule has 0 spiro atoms. The minimum atomic E-state index is -0.980. The number of nitrogens with zero attached hydrogens (tertiary/aromatic N) is 6. The number of phenols is 1. The molecule has 1 saturated heterocycles. The third-order valence-electron chi connectivity index (χ3n) is 4.80. The lowest BCUT2D eigenvalue weighted by atomic mass is 10.0. The Balaban J connectivity index is 1.55. The Morgan fingerprint density at radius 2 is 2.22 bits per heavy atom. The fourth-order valence-corrected chi connectivity index (χ4v) is 3.25. The van der Waals surface area contributed by atoms with Crippen molar-refractivity contribution in [1.82, 2.24) is 30.0 Å². The molecule has 1 aromatic carbocycles. The Morgan fingerprint density at radius 3 is 2.89 bits per heavy atom. The highest BCUT2D eigenvalue weighted by Gasteiger charge is 2.29. The van der Waals surface area contributed by atoms with Crippen molar-refractivity contribution < 1.29 is 9.50 Å². The van der Waals surface area contributed by atoms with Gasteiger partial charge in [0.25, 0.3) is 0 Å². The number of alkyl halides is 1. The summed E-state index contributed by atoms with van der Waals surface area (Å²) in [7, 11) is 1.77. The lowest BCUT2D eigenvalue weighted by molar-refractivity contribution is 0.227. The minimum absolute atomic E-state index is 0.0700. The van der Waals surface area contributed by atoms with Gasteiger partial charge in [-0.2, -0.15) is 0 Å². The molecule has 3 aromatic rings. The average Bonchev–Trinajstić information content (AvgIpc) is 3.23. The summed E-state index contributed by atoms with van der Waals surface area (Å²) in [5.41, 5.74) is 1.76. The Morgan fingerprint density at radius 1 is 1.33 bits per heavy atom. The van der Waals surface area contributed by atoms with Crippen LogP contribution in [0.25, 0.3) is 16.9 Å². The molecular formula is C18H20FN7O. The molecule has 2 atom stereocenters. The van der Waals surface area contributed by atoms with E-state index in [4.69, 9.17) is 0 Å². The van der Waals surface area contributed by atoms with Crippen molar-refractivity contribution in [2.24, 2.45) is 0 Å². The largest absolute Gasteiger partial charge is 0.507 e. The zero-order valence-corrected chi connectivity index (χ0v) is 14.8. The summed E-state index contributed by atoms with van der Waals surface area (Å²) in [6.45, 7) is 1.09. The second-order valence-corrected chi connectivity index (χ2v) is 6.50. The van der Waals surface area contributed by atoms with E-state index in [0.29, 0.717) is 30.2 Å². The van der Waals surface area contributed by atoms with E-state index in [1.807, 2.05) is 6.07 Å². The highest BCUT2D eigenvalue weighted by molar-refractivity contribution is 5.68. The summed E-state index contributed by atoms with van der Waals surface area (Å²) in [6.07, 6.45) is 6.35. The summed E-state index contributed by atoms with van der Waals surface area (Å²) in [5.74, 6) is 0.434. The first-order valence-electron chi connectivity index (χ1n) is 8.72. The predicted octanol–water partition coefficient (Wildman–Crippen LogP) is 1.57. The first-order chi connectivity index (χ1) is 13.1. The maximum absolute atomic E-state index is 14.1. The predicted molar refractivity (Wildman–Crippen MR) is 98.6 cm³/mol. The zero-order chi connectivity index (χ0) is 18.8. The van der Waals surface area contributed by atoms with Crippen LogP contribution in [0.1, 0.15) is 6.42 Å². The summed E-state index contributed by atoms with van der Waals surface area (Å²) in [5, 5.41) is 21.7. The molecule has 1 aliphatic heterocycles. The first kappa shape index (κ1) is 17.3. The van der Waals surface area contributed by atoms with Crippen LogP contribution in [0, 0.1) is 0 Å². The maximum atomic E-state index is 14.1. The normalized spacial score (nSPS) is 19.8. The van der Waals surface area contributed by atoms with Gasteiger partial charge in [0, 0.05) is 37.6 Å². The molecule has 1 fully saturated rings. The van der Waals surface area contributed by atoms with Crippen molar-refractivity contribution in [3.63, 3.8) is 0 Å². The quantitative estimate of drug-likeness (QED) is 0.721. The third-order valence-corrected chi connectivity index (χ3v) is 4.80. The topological polar surface area (TPSA) is 92.0 Å². The molecule has 0 aliphatic carbocycles. The van der Waals surface area contributed by atoms with Crippen LogP contribution in [-0.4, -0.2) is 62.2 Å². The lowest BCUT2D eigenvalue weighted by Crippen LogP contribution is -2.50. The van der Waals surface area contributed by atoms with E-state index in [1.54, 1.807) is 53.6 Å². The number of benzene rings is 1. The standard InChI is InChI=1S/C18H20FN7O/c1-25(16-4-5-20-9-14(16)19)18-22-10-15(23-24-18)13-3-2-12(8-17(13)27)26-7-6-21-11-26/h2-3,6-8,10-11,14,16,20,27H,4-5,9H2,1H3/t14-,16+/m1/s1. The molecule has 0 bridgehead atoms. The van der Waals surface area contributed by atoms with Crippen LogP contribution >= 0.6 is 0 Å². The van der Waals surface area contributed by atoms with E-state index >= 15 is 0 Å². The van der Waals surface area contributed by atoms with Gasteiger partial charge in [-0.05, 0) is 25.1 Å². The first-order valence-corrected chi connectivity index (χ1v) is 8.72. The van der Waals surface area contributed by atoms with Crippen LogP contribution in [-0.2, 0) is 0 Å².